The molecular weight excluding hydrogens is 281 g/mol. The Kier molecular flexibility index (Phi) is 3.78. The van der Waals surface area contributed by atoms with Crippen molar-refractivity contribution in [2.24, 2.45) is 0 Å². The smallest absolute Gasteiger partial charge is 0.185 e. The van der Waals surface area contributed by atoms with Gasteiger partial charge in [-0.2, -0.15) is 0 Å². The Morgan fingerprint density at radius 1 is 0.900 bits per heavy atom. The predicted molar refractivity (Wildman–Crippen MR) is 61.7 cm³/mol. The molecule has 106 valence electrons. The van der Waals surface area contributed by atoms with Gasteiger partial charge in [-0.15, -0.1) is 0 Å². The highest BCUT2D eigenvalue weighted by atomic mass is 19.2. The fraction of sp³-hybridized carbons (Fsp3) is 0.0769. The number of hydrogen-bond acceptors (Lipinski definition) is 2. The summed E-state index contributed by atoms with van der Waals surface area (Å²) in [7, 11) is 0. The summed E-state index contributed by atoms with van der Waals surface area (Å²) in [6.07, 6.45) is 0. The first kappa shape index (κ1) is 14.1. The summed E-state index contributed by atoms with van der Waals surface area (Å²) in [6, 6.07) is 3.04. The minimum Gasteiger partial charge on any atom is -0.508 e. The number of phenolic OH excluding ortho intramolecular Hbond substituents is 1. The third kappa shape index (κ3) is 2.66. The van der Waals surface area contributed by atoms with Gasteiger partial charge in [-0.1, -0.05) is 0 Å². The predicted octanol–water partition coefficient (Wildman–Crippen LogP) is 3.70. The second-order valence-corrected chi connectivity index (χ2v) is 3.97. The van der Waals surface area contributed by atoms with Crippen molar-refractivity contribution in [1.82, 2.24) is 0 Å². The van der Waals surface area contributed by atoms with Crippen molar-refractivity contribution in [3.63, 3.8) is 0 Å². The Morgan fingerprint density at radius 2 is 1.50 bits per heavy atom. The molecule has 0 heterocycles. The second kappa shape index (κ2) is 5.36. The average Bonchev–Trinajstić information content (AvgIpc) is 2.40. The van der Waals surface area contributed by atoms with Crippen LogP contribution in [0.1, 0.15) is 5.56 Å². The van der Waals surface area contributed by atoms with Crippen molar-refractivity contribution >= 4 is 5.69 Å². The first-order valence-electron chi connectivity index (χ1n) is 5.44. The molecule has 0 atom stereocenters. The van der Waals surface area contributed by atoms with E-state index in [4.69, 9.17) is 0 Å². The van der Waals surface area contributed by atoms with E-state index in [2.05, 4.69) is 5.32 Å². The van der Waals surface area contributed by atoms with Crippen molar-refractivity contribution in [2.75, 3.05) is 5.32 Å². The van der Waals surface area contributed by atoms with Gasteiger partial charge in [-0.25, -0.2) is 22.0 Å². The van der Waals surface area contributed by atoms with Gasteiger partial charge in [-0.3, -0.25) is 0 Å². The van der Waals surface area contributed by atoms with Crippen LogP contribution < -0.4 is 5.32 Å². The van der Waals surface area contributed by atoms with Crippen LogP contribution in [0.5, 0.6) is 5.75 Å². The van der Waals surface area contributed by atoms with E-state index in [1.54, 1.807) is 0 Å². The van der Waals surface area contributed by atoms with Crippen LogP contribution in [0.25, 0.3) is 0 Å². The van der Waals surface area contributed by atoms with Gasteiger partial charge in [0.1, 0.15) is 17.3 Å². The molecule has 0 amide bonds. The standard InChI is InChI=1S/C13H8F5NO/c14-7-1-2-10(20)6(3-7)5-19-13-11(17)8(15)4-9(16)12(13)18/h1-4,19-20H,5H2. The molecule has 2 rings (SSSR count). The molecular formula is C13H8F5NO. The number of halogens is 5. The molecule has 0 fully saturated rings. The summed E-state index contributed by atoms with van der Waals surface area (Å²) in [6.45, 7) is -0.416. The lowest BCUT2D eigenvalue weighted by molar-refractivity contribution is 0.456. The average molecular weight is 289 g/mol. The molecule has 0 unspecified atom stereocenters. The third-order valence-corrected chi connectivity index (χ3v) is 2.61. The summed E-state index contributed by atoms with van der Waals surface area (Å²) in [5.41, 5.74) is -1.04. The van der Waals surface area contributed by atoms with E-state index in [-0.39, 0.29) is 17.4 Å². The molecule has 2 nitrogen and oxygen atoms in total. The number of phenols is 1. The molecule has 0 aliphatic heterocycles. The van der Waals surface area contributed by atoms with Crippen molar-refractivity contribution in [3.05, 3.63) is 58.9 Å². The molecule has 0 spiro atoms. The molecule has 2 N–H and O–H groups in total. The molecule has 0 aromatic heterocycles. The molecule has 0 radical (unpaired) electrons. The van der Waals surface area contributed by atoms with E-state index >= 15 is 0 Å². The molecule has 0 aliphatic rings. The molecule has 0 aliphatic carbocycles. The first-order chi connectivity index (χ1) is 9.40. The summed E-state index contributed by atoms with van der Waals surface area (Å²) in [5, 5.41) is 11.5. The van der Waals surface area contributed by atoms with Crippen LogP contribution in [0.15, 0.2) is 24.3 Å². The van der Waals surface area contributed by atoms with Gasteiger partial charge in [0.2, 0.25) is 0 Å². The van der Waals surface area contributed by atoms with Gasteiger partial charge in [0.25, 0.3) is 0 Å². The lowest BCUT2D eigenvalue weighted by Crippen LogP contribution is -2.07. The molecule has 0 bridgehead atoms. The zero-order valence-corrected chi connectivity index (χ0v) is 9.85. The molecule has 20 heavy (non-hydrogen) atoms. The molecule has 2 aromatic carbocycles. The number of anilines is 1. The van der Waals surface area contributed by atoms with Crippen molar-refractivity contribution in [2.45, 2.75) is 6.54 Å². The van der Waals surface area contributed by atoms with Crippen LogP contribution in [0.3, 0.4) is 0 Å². The van der Waals surface area contributed by atoms with Gasteiger partial charge in [0.05, 0.1) is 0 Å². The SMILES string of the molecule is Oc1ccc(F)cc1CNc1c(F)c(F)cc(F)c1F. The maximum absolute atomic E-state index is 13.3. The first-order valence-corrected chi connectivity index (χ1v) is 5.44. The highest BCUT2D eigenvalue weighted by molar-refractivity contribution is 5.48. The van der Waals surface area contributed by atoms with Crippen molar-refractivity contribution in [3.8, 4) is 5.75 Å². The summed E-state index contributed by atoms with van der Waals surface area (Å²) in [4.78, 5) is 0. The van der Waals surface area contributed by atoms with Crippen LogP contribution >= 0.6 is 0 Å². The normalized spacial score (nSPS) is 10.7. The maximum Gasteiger partial charge on any atom is 0.185 e. The fourth-order valence-corrected chi connectivity index (χ4v) is 1.61. The van der Waals surface area contributed by atoms with E-state index in [0.717, 1.165) is 18.2 Å². The van der Waals surface area contributed by atoms with E-state index in [1.165, 1.54) is 0 Å². The topological polar surface area (TPSA) is 32.3 Å². The molecule has 0 saturated heterocycles. The highest BCUT2D eigenvalue weighted by Crippen LogP contribution is 2.26. The zero-order chi connectivity index (χ0) is 14.9. The maximum atomic E-state index is 13.3. The number of aromatic hydroxyl groups is 1. The van der Waals surface area contributed by atoms with Gasteiger partial charge in [0, 0.05) is 18.2 Å². The monoisotopic (exact) mass is 289 g/mol. The number of benzene rings is 2. The zero-order valence-electron chi connectivity index (χ0n) is 9.85. The summed E-state index contributed by atoms with van der Waals surface area (Å²) in [5.74, 6) is -7.31. The lowest BCUT2D eigenvalue weighted by atomic mass is 10.2. The highest BCUT2D eigenvalue weighted by Gasteiger charge is 2.19. The van der Waals surface area contributed by atoms with Crippen LogP contribution in [0.4, 0.5) is 27.6 Å². The number of rotatable bonds is 3. The summed E-state index contributed by atoms with van der Waals surface area (Å²) >= 11 is 0. The summed E-state index contributed by atoms with van der Waals surface area (Å²) < 4.78 is 65.6. The van der Waals surface area contributed by atoms with Crippen molar-refractivity contribution in [1.29, 1.82) is 0 Å². The second-order valence-electron chi connectivity index (χ2n) is 3.97. The lowest BCUT2D eigenvalue weighted by Gasteiger charge is -2.11. The van der Waals surface area contributed by atoms with Crippen LogP contribution in [-0.2, 0) is 6.54 Å². The molecule has 2 aromatic rings. The van der Waals surface area contributed by atoms with Crippen LogP contribution in [0.2, 0.25) is 0 Å². The Morgan fingerprint density at radius 3 is 2.10 bits per heavy atom. The Labute approximate surface area is 110 Å². The Hall–Kier alpha value is -2.31. The molecule has 0 saturated carbocycles. The molecule has 7 heteroatoms. The minimum absolute atomic E-state index is 0.0199. The largest absolute Gasteiger partial charge is 0.508 e. The van der Waals surface area contributed by atoms with E-state index in [9.17, 15) is 27.1 Å². The Bertz CT molecular complexity index is 633. The van der Waals surface area contributed by atoms with E-state index < -0.39 is 41.3 Å². The number of nitrogens with one attached hydrogen (secondary N) is 1. The van der Waals surface area contributed by atoms with Gasteiger partial charge >= 0.3 is 0 Å². The van der Waals surface area contributed by atoms with Gasteiger partial charge < -0.3 is 10.4 Å². The fourth-order valence-electron chi connectivity index (χ4n) is 1.61. The van der Waals surface area contributed by atoms with Crippen LogP contribution in [-0.4, -0.2) is 5.11 Å². The Balaban J connectivity index is 2.30. The third-order valence-electron chi connectivity index (χ3n) is 2.61. The van der Waals surface area contributed by atoms with Gasteiger partial charge in [-0.05, 0) is 18.2 Å². The number of hydrogen-bond donors (Lipinski definition) is 2. The van der Waals surface area contributed by atoms with Gasteiger partial charge in [0.15, 0.2) is 23.3 Å². The van der Waals surface area contributed by atoms with E-state index in [0.29, 0.717) is 0 Å². The minimum atomic E-state index is -1.60. The van der Waals surface area contributed by atoms with E-state index in [1.807, 2.05) is 0 Å². The van der Waals surface area contributed by atoms with Crippen LogP contribution in [0, 0.1) is 29.1 Å². The van der Waals surface area contributed by atoms with Crippen molar-refractivity contribution < 1.29 is 27.1 Å². The quantitative estimate of drug-likeness (QED) is 0.667.